The number of carbonyl (C=O) groups is 2. The zero-order valence-electron chi connectivity index (χ0n) is 15.8. The van der Waals surface area contributed by atoms with Crippen molar-refractivity contribution in [2.75, 3.05) is 25.0 Å². The summed E-state index contributed by atoms with van der Waals surface area (Å²) in [4.78, 5) is 40.1. The SMILES string of the molecule is CN(C(=O)OC(C)(C)C)C1CCN(c2ncc(C(=O)O)c3nccnc23)C1. The normalized spacial score (nSPS) is 17.2. The van der Waals surface area contributed by atoms with E-state index in [1.165, 1.54) is 18.6 Å². The van der Waals surface area contributed by atoms with E-state index < -0.39 is 11.6 Å². The molecule has 1 N–H and O–H groups in total. The van der Waals surface area contributed by atoms with E-state index in [4.69, 9.17) is 4.74 Å². The number of likely N-dealkylation sites (N-methyl/N-ethyl adjacent to an activating group) is 1. The van der Waals surface area contributed by atoms with Gasteiger partial charge in [-0.15, -0.1) is 0 Å². The molecule has 1 fully saturated rings. The van der Waals surface area contributed by atoms with Gasteiger partial charge < -0.3 is 19.6 Å². The van der Waals surface area contributed by atoms with Gasteiger partial charge in [0, 0.05) is 38.7 Å². The lowest BCUT2D eigenvalue weighted by atomic mass is 10.2. The fourth-order valence-electron chi connectivity index (χ4n) is 3.07. The number of nitrogens with zero attached hydrogens (tertiary/aromatic N) is 5. The number of amides is 1. The number of carboxylic acid groups (broad SMARTS) is 1. The van der Waals surface area contributed by atoms with Gasteiger partial charge in [0.05, 0.1) is 6.04 Å². The Kier molecular flexibility index (Phi) is 4.86. The Labute approximate surface area is 157 Å². The van der Waals surface area contributed by atoms with Crippen LogP contribution in [-0.2, 0) is 4.74 Å². The standard InChI is InChI=1S/C18H23N5O4/c1-18(2,3)27-17(26)22(4)11-5-8-23(10-11)15-14-13(19-6-7-20-14)12(9-21-15)16(24)25/h6-7,9,11H,5,8,10H2,1-4H3,(H,24,25). The molecule has 3 rings (SSSR count). The van der Waals surface area contributed by atoms with Crippen molar-refractivity contribution >= 4 is 28.9 Å². The Bertz CT molecular complexity index is 880. The van der Waals surface area contributed by atoms with Gasteiger partial charge in [-0.25, -0.2) is 19.6 Å². The molecule has 2 aromatic rings. The number of fused-ring (bicyclic) bond motifs is 1. The first-order valence-electron chi connectivity index (χ1n) is 8.71. The van der Waals surface area contributed by atoms with Gasteiger partial charge in [-0.3, -0.25) is 4.98 Å². The van der Waals surface area contributed by atoms with Gasteiger partial charge >= 0.3 is 12.1 Å². The van der Waals surface area contributed by atoms with E-state index >= 15 is 0 Å². The minimum Gasteiger partial charge on any atom is -0.478 e. The average Bonchev–Trinajstić information content (AvgIpc) is 3.08. The molecule has 0 aromatic carbocycles. The number of carboxylic acids is 1. The molecule has 1 aliphatic rings. The van der Waals surface area contributed by atoms with Crippen LogP contribution in [0.25, 0.3) is 11.0 Å². The van der Waals surface area contributed by atoms with Gasteiger partial charge in [0.2, 0.25) is 0 Å². The summed E-state index contributed by atoms with van der Waals surface area (Å²) in [5.41, 5.74) is 0.212. The third kappa shape index (κ3) is 3.91. The van der Waals surface area contributed by atoms with E-state index in [2.05, 4.69) is 15.0 Å². The highest BCUT2D eigenvalue weighted by Gasteiger charge is 2.32. The molecule has 27 heavy (non-hydrogen) atoms. The van der Waals surface area contributed by atoms with Crippen molar-refractivity contribution in [3.05, 3.63) is 24.2 Å². The molecule has 1 atom stereocenters. The van der Waals surface area contributed by atoms with E-state index in [1.807, 2.05) is 25.7 Å². The van der Waals surface area contributed by atoms with Gasteiger partial charge in [-0.1, -0.05) is 0 Å². The van der Waals surface area contributed by atoms with Crippen LogP contribution in [0, 0.1) is 0 Å². The van der Waals surface area contributed by atoms with E-state index in [-0.39, 0.29) is 17.7 Å². The van der Waals surface area contributed by atoms with Crippen LogP contribution in [0.1, 0.15) is 37.6 Å². The largest absolute Gasteiger partial charge is 0.478 e. The third-order valence-corrected chi connectivity index (χ3v) is 4.40. The van der Waals surface area contributed by atoms with Crippen LogP contribution in [0.5, 0.6) is 0 Å². The highest BCUT2D eigenvalue weighted by Crippen LogP contribution is 2.28. The summed E-state index contributed by atoms with van der Waals surface area (Å²) in [5, 5.41) is 9.33. The number of hydrogen-bond donors (Lipinski definition) is 1. The molecule has 2 aromatic heterocycles. The van der Waals surface area contributed by atoms with Crippen LogP contribution >= 0.6 is 0 Å². The molecule has 3 heterocycles. The van der Waals surface area contributed by atoms with Crippen LogP contribution in [-0.4, -0.2) is 68.8 Å². The molecule has 1 aliphatic heterocycles. The second kappa shape index (κ2) is 6.98. The summed E-state index contributed by atoms with van der Waals surface area (Å²) in [6.07, 6.45) is 4.66. The maximum Gasteiger partial charge on any atom is 0.410 e. The molecular formula is C18H23N5O4. The van der Waals surface area contributed by atoms with Crippen molar-refractivity contribution in [3.8, 4) is 0 Å². The van der Waals surface area contributed by atoms with Crippen LogP contribution < -0.4 is 4.90 Å². The predicted octanol–water partition coefficient (Wildman–Crippen LogP) is 2.17. The third-order valence-electron chi connectivity index (χ3n) is 4.40. The van der Waals surface area contributed by atoms with Crippen LogP contribution in [0.15, 0.2) is 18.6 Å². The first-order valence-corrected chi connectivity index (χ1v) is 8.71. The summed E-state index contributed by atoms with van der Waals surface area (Å²) >= 11 is 0. The van der Waals surface area contributed by atoms with Crippen molar-refractivity contribution < 1.29 is 19.4 Å². The lowest BCUT2D eigenvalue weighted by Gasteiger charge is -2.28. The molecule has 0 radical (unpaired) electrons. The number of pyridine rings is 1. The van der Waals surface area contributed by atoms with Gasteiger partial charge in [-0.2, -0.15) is 0 Å². The fourth-order valence-corrected chi connectivity index (χ4v) is 3.07. The van der Waals surface area contributed by atoms with E-state index in [1.54, 1.807) is 11.9 Å². The molecule has 9 heteroatoms. The van der Waals surface area contributed by atoms with Crippen molar-refractivity contribution in [2.24, 2.45) is 0 Å². The van der Waals surface area contributed by atoms with Gasteiger partial charge in [0.25, 0.3) is 0 Å². The average molecular weight is 373 g/mol. The Balaban J connectivity index is 1.83. The zero-order chi connectivity index (χ0) is 19.8. The smallest absolute Gasteiger partial charge is 0.410 e. The number of aromatic nitrogens is 3. The van der Waals surface area contributed by atoms with Crippen molar-refractivity contribution in [1.29, 1.82) is 0 Å². The molecule has 1 saturated heterocycles. The van der Waals surface area contributed by atoms with Crippen LogP contribution in [0.3, 0.4) is 0 Å². The van der Waals surface area contributed by atoms with Gasteiger partial charge in [-0.05, 0) is 27.2 Å². The number of anilines is 1. The second-order valence-electron chi connectivity index (χ2n) is 7.53. The number of ether oxygens (including phenoxy) is 1. The van der Waals surface area contributed by atoms with E-state index in [0.29, 0.717) is 29.9 Å². The Morgan fingerprint density at radius 3 is 2.52 bits per heavy atom. The second-order valence-corrected chi connectivity index (χ2v) is 7.53. The topological polar surface area (TPSA) is 109 Å². The number of hydrogen-bond acceptors (Lipinski definition) is 7. The maximum atomic E-state index is 12.3. The van der Waals surface area contributed by atoms with Crippen LogP contribution in [0.2, 0.25) is 0 Å². The first kappa shape index (κ1) is 18.8. The summed E-state index contributed by atoms with van der Waals surface area (Å²) in [7, 11) is 1.72. The quantitative estimate of drug-likeness (QED) is 0.872. The highest BCUT2D eigenvalue weighted by molar-refractivity contribution is 6.03. The molecule has 1 amide bonds. The maximum absolute atomic E-state index is 12.3. The number of aromatic carboxylic acids is 1. The number of rotatable bonds is 3. The molecule has 0 spiro atoms. The van der Waals surface area contributed by atoms with Gasteiger partial charge in [0.15, 0.2) is 5.82 Å². The summed E-state index contributed by atoms with van der Waals surface area (Å²) in [5.74, 6) is -0.522. The minimum absolute atomic E-state index is 0.0171. The van der Waals surface area contributed by atoms with Crippen molar-refractivity contribution in [1.82, 2.24) is 19.9 Å². The minimum atomic E-state index is -1.09. The monoisotopic (exact) mass is 373 g/mol. The Morgan fingerprint density at radius 1 is 1.22 bits per heavy atom. The van der Waals surface area contributed by atoms with Crippen molar-refractivity contribution in [3.63, 3.8) is 0 Å². The Morgan fingerprint density at radius 2 is 1.89 bits per heavy atom. The van der Waals surface area contributed by atoms with Crippen molar-refractivity contribution in [2.45, 2.75) is 38.8 Å². The molecule has 1 unspecified atom stereocenters. The molecule has 0 aliphatic carbocycles. The summed E-state index contributed by atoms with van der Waals surface area (Å²) in [6.45, 7) is 6.72. The van der Waals surface area contributed by atoms with Crippen LogP contribution in [0.4, 0.5) is 10.6 Å². The Hall–Kier alpha value is -2.97. The molecule has 9 nitrogen and oxygen atoms in total. The lowest BCUT2D eigenvalue weighted by molar-refractivity contribution is 0.0237. The molecule has 0 saturated carbocycles. The molecule has 0 bridgehead atoms. The van der Waals surface area contributed by atoms with E-state index in [0.717, 1.165) is 6.42 Å². The first-order chi connectivity index (χ1) is 12.7. The fraction of sp³-hybridized carbons (Fsp3) is 0.500. The van der Waals surface area contributed by atoms with E-state index in [9.17, 15) is 14.7 Å². The highest BCUT2D eigenvalue weighted by atomic mass is 16.6. The lowest BCUT2D eigenvalue weighted by Crippen LogP contribution is -2.42. The van der Waals surface area contributed by atoms with Gasteiger partial charge in [0.1, 0.15) is 22.2 Å². The molecule has 144 valence electrons. The zero-order valence-corrected chi connectivity index (χ0v) is 15.8. The molecular weight excluding hydrogens is 350 g/mol. The predicted molar refractivity (Wildman–Crippen MR) is 98.9 cm³/mol. The summed E-state index contributed by atoms with van der Waals surface area (Å²) < 4.78 is 5.43. The number of carbonyl (C=O) groups excluding carboxylic acids is 1. The summed E-state index contributed by atoms with van der Waals surface area (Å²) in [6, 6.07) is -0.0347.